The predicted molar refractivity (Wildman–Crippen MR) is 73.2 cm³/mol. The van der Waals surface area contributed by atoms with Crippen molar-refractivity contribution in [3.63, 3.8) is 0 Å². The van der Waals surface area contributed by atoms with Crippen LogP contribution in [0.1, 0.15) is 5.56 Å². The molecule has 0 atom stereocenters. The third-order valence-electron chi connectivity index (χ3n) is 2.95. The van der Waals surface area contributed by atoms with Gasteiger partial charge < -0.3 is 5.73 Å². The SMILES string of the molecule is Nc1ccc(Cn2nnnc2-c2ccc(F)cc2)cc1. The van der Waals surface area contributed by atoms with E-state index in [0.717, 1.165) is 11.1 Å². The molecule has 0 amide bonds. The number of hydrogen-bond donors (Lipinski definition) is 1. The summed E-state index contributed by atoms with van der Waals surface area (Å²) in [4.78, 5) is 0. The zero-order chi connectivity index (χ0) is 13.9. The molecular formula is C14H12FN5. The molecule has 0 radical (unpaired) electrons. The highest BCUT2D eigenvalue weighted by Crippen LogP contribution is 2.17. The molecule has 100 valence electrons. The van der Waals surface area contributed by atoms with Crippen molar-refractivity contribution >= 4 is 5.69 Å². The highest BCUT2D eigenvalue weighted by atomic mass is 19.1. The van der Waals surface area contributed by atoms with Crippen molar-refractivity contribution in [2.75, 3.05) is 5.73 Å². The summed E-state index contributed by atoms with van der Waals surface area (Å²) in [6, 6.07) is 13.6. The van der Waals surface area contributed by atoms with E-state index in [9.17, 15) is 4.39 Å². The molecule has 2 aromatic carbocycles. The molecule has 0 aliphatic carbocycles. The smallest absolute Gasteiger partial charge is 0.182 e. The summed E-state index contributed by atoms with van der Waals surface area (Å²) < 4.78 is 14.6. The van der Waals surface area contributed by atoms with Gasteiger partial charge in [0.25, 0.3) is 0 Å². The van der Waals surface area contributed by atoms with Gasteiger partial charge in [-0.3, -0.25) is 0 Å². The van der Waals surface area contributed by atoms with Crippen LogP contribution in [0.5, 0.6) is 0 Å². The van der Waals surface area contributed by atoms with Gasteiger partial charge in [0.05, 0.1) is 6.54 Å². The first-order chi connectivity index (χ1) is 9.72. The topological polar surface area (TPSA) is 69.6 Å². The first-order valence-electron chi connectivity index (χ1n) is 6.09. The Balaban J connectivity index is 1.90. The molecule has 1 heterocycles. The fourth-order valence-corrected chi connectivity index (χ4v) is 1.91. The maximum Gasteiger partial charge on any atom is 0.182 e. The third kappa shape index (κ3) is 2.49. The number of nitrogen functional groups attached to an aromatic ring is 1. The summed E-state index contributed by atoms with van der Waals surface area (Å²) in [7, 11) is 0. The van der Waals surface area contributed by atoms with Gasteiger partial charge in [-0.25, -0.2) is 9.07 Å². The van der Waals surface area contributed by atoms with Crippen LogP contribution in [0.15, 0.2) is 48.5 Å². The molecule has 5 nitrogen and oxygen atoms in total. The van der Waals surface area contributed by atoms with Crippen LogP contribution in [0.2, 0.25) is 0 Å². The van der Waals surface area contributed by atoms with E-state index in [1.807, 2.05) is 24.3 Å². The lowest BCUT2D eigenvalue weighted by Gasteiger charge is -2.05. The van der Waals surface area contributed by atoms with E-state index in [2.05, 4.69) is 15.5 Å². The van der Waals surface area contributed by atoms with Crippen LogP contribution < -0.4 is 5.73 Å². The average molecular weight is 269 g/mol. The number of rotatable bonds is 3. The molecule has 0 bridgehead atoms. The zero-order valence-electron chi connectivity index (χ0n) is 10.6. The molecule has 6 heteroatoms. The largest absolute Gasteiger partial charge is 0.399 e. The molecule has 3 rings (SSSR count). The van der Waals surface area contributed by atoms with E-state index in [1.54, 1.807) is 16.8 Å². The molecule has 0 fully saturated rings. The highest BCUT2D eigenvalue weighted by molar-refractivity contribution is 5.54. The summed E-state index contributed by atoms with van der Waals surface area (Å²) >= 11 is 0. The second-order valence-corrected chi connectivity index (χ2v) is 4.41. The first-order valence-corrected chi connectivity index (χ1v) is 6.09. The third-order valence-corrected chi connectivity index (χ3v) is 2.95. The number of nitrogens with zero attached hydrogens (tertiary/aromatic N) is 4. The van der Waals surface area contributed by atoms with Gasteiger partial charge in [0.1, 0.15) is 5.82 Å². The fourth-order valence-electron chi connectivity index (χ4n) is 1.91. The molecule has 3 aromatic rings. The summed E-state index contributed by atoms with van der Waals surface area (Å²) in [5, 5.41) is 11.6. The average Bonchev–Trinajstić information content (AvgIpc) is 2.90. The van der Waals surface area contributed by atoms with Crippen LogP contribution in [0.4, 0.5) is 10.1 Å². The number of anilines is 1. The highest BCUT2D eigenvalue weighted by Gasteiger charge is 2.09. The van der Waals surface area contributed by atoms with Crippen LogP contribution in [-0.4, -0.2) is 20.2 Å². The number of tetrazole rings is 1. The van der Waals surface area contributed by atoms with Crippen molar-refractivity contribution in [1.82, 2.24) is 20.2 Å². The van der Waals surface area contributed by atoms with Gasteiger partial charge in [-0.1, -0.05) is 12.1 Å². The Hall–Kier alpha value is -2.76. The van der Waals surface area contributed by atoms with Crippen molar-refractivity contribution in [3.05, 3.63) is 59.9 Å². The molecule has 0 unspecified atom stereocenters. The van der Waals surface area contributed by atoms with Crippen molar-refractivity contribution < 1.29 is 4.39 Å². The zero-order valence-corrected chi connectivity index (χ0v) is 10.6. The minimum Gasteiger partial charge on any atom is -0.399 e. The number of aromatic nitrogens is 4. The van der Waals surface area contributed by atoms with Gasteiger partial charge in [-0.15, -0.1) is 5.10 Å². The van der Waals surface area contributed by atoms with Gasteiger partial charge in [0.15, 0.2) is 5.82 Å². The number of benzene rings is 2. The maximum absolute atomic E-state index is 12.9. The van der Waals surface area contributed by atoms with Gasteiger partial charge in [-0.05, 0) is 52.4 Å². The Morgan fingerprint density at radius 2 is 1.70 bits per heavy atom. The monoisotopic (exact) mass is 269 g/mol. The minimum absolute atomic E-state index is 0.286. The molecular weight excluding hydrogens is 257 g/mol. The summed E-state index contributed by atoms with van der Waals surface area (Å²) in [5.41, 5.74) is 8.17. The molecule has 0 aliphatic heterocycles. The van der Waals surface area contributed by atoms with E-state index in [0.29, 0.717) is 18.1 Å². The molecule has 0 saturated carbocycles. The second-order valence-electron chi connectivity index (χ2n) is 4.41. The lowest BCUT2D eigenvalue weighted by molar-refractivity contribution is 0.627. The normalized spacial score (nSPS) is 10.7. The molecule has 20 heavy (non-hydrogen) atoms. The fraction of sp³-hybridized carbons (Fsp3) is 0.0714. The predicted octanol–water partition coefficient (Wildman–Crippen LogP) is 2.11. The Morgan fingerprint density at radius 3 is 2.40 bits per heavy atom. The maximum atomic E-state index is 12.9. The Bertz CT molecular complexity index is 703. The van der Waals surface area contributed by atoms with E-state index in [-0.39, 0.29) is 5.82 Å². The van der Waals surface area contributed by atoms with Crippen molar-refractivity contribution in [2.45, 2.75) is 6.54 Å². The van der Waals surface area contributed by atoms with Gasteiger partial charge in [0.2, 0.25) is 0 Å². The van der Waals surface area contributed by atoms with E-state index in [4.69, 9.17) is 5.73 Å². The molecule has 1 aromatic heterocycles. The van der Waals surface area contributed by atoms with Crippen LogP contribution >= 0.6 is 0 Å². The quantitative estimate of drug-likeness (QED) is 0.739. The first kappa shape index (κ1) is 12.3. The number of hydrogen-bond acceptors (Lipinski definition) is 4. The number of nitrogens with two attached hydrogens (primary N) is 1. The lowest BCUT2D eigenvalue weighted by Crippen LogP contribution is -2.04. The minimum atomic E-state index is -0.286. The van der Waals surface area contributed by atoms with E-state index >= 15 is 0 Å². The van der Waals surface area contributed by atoms with Crippen molar-refractivity contribution in [3.8, 4) is 11.4 Å². The van der Waals surface area contributed by atoms with Crippen molar-refractivity contribution in [2.24, 2.45) is 0 Å². The van der Waals surface area contributed by atoms with Crippen LogP contribution in [0.3, 0.4) is 0 Å². The Kier molecular flexibility index (Phi) is 3.12. The Morgan fingerprint density at radius 1 is 1.00 bits per heavy atom. The van der Waals surface area contributed by atoms with E-state index < -0.39 is 0 Å². The molecule has 2 N–H and O–H groups in total. The van der Waals surface area contributed by atoms with Gasteiger partial charge in [-0.2, -0.15) is 0 Å². The van der Waals surface area contributed by atoms with E-state index in [1.165, 1.54) is 12.1 Å². The second kappa shape index (κ2) is 5.08. The summed E-state index contributed by atoms with van der Waals surface area (Å²) in [6.07, 6.45) is 0. The lowest BCUT2D eigenvalue weighted by atomic mass is 10.2. The van der Waals surface area contributed by atoms with Crippen molar-refractivity contribution in [1.29, 1.82) is 0 Å². The van der Waals surface area contributed by atoms with Crippen LogP contribution in [0.25, 0.3) is 11.4 Å². The molecule has 0 saturated heterocycles. The van der Waals surface area contributed by atoms with Crippen LogP contribution in [-0.2, 0) is 6.54 Å². The van der Waals surface area contributed by atoms with Gasteiger partial charge >= 0.3 is 0 Å². The van der Waals surface area contributed by atoms with Crippen LogP contribution in [0, 0.1) is 5.82 Å². The molecule has 0 aliphatic rings. The number of halogens is 1. The summed E-state index contributed by atoms with van der Waals surface area (Å²) in [5.74, 6) is 0.313. The Labute approximate surface area is 114 Å². The van der Waals surface area contributed by atoms with Gasteiger partial charge in [0, 0.05) is 11.3 Å². The molecule has 0 spiro atoms. The standard InChI is InChI=1S/C14H12FN5/c15-12-5-3-11(4-6-12)14-17-18-19-20(14)9-10-1-7-13(16)8-2-10/h1-8H,9,16H2. The summed E-state index contributed by atoms with van der Waals surface area (Å²) in [6.45, 7) is 0.528.